The van der Waals surface area contributed by atoms with Gasteiger partial charge in [-0.25, -0.2) is 0 Å². The van der Waals surface area contributed by atoms with Crippen LogP contribution in [-0.4, -0.2) is 26.6 Å². The molecule has 2 unspecified atom stereocenters. The fourth-order valence-electron chi connectivity index (χ4n) is 3.08. The summed E-state index contributed by atoms with van der Waals surface area (Å²) in [6, 6.07) is 5.31. The molecule has 2 aliphatic carbocycles. The van der Waals surface area contributed by atoms with E-state index >= 15 is 0 Å². The summed E-state index contributed by atoms with van der Waals surface area (Å²) in [6.07, 6.45) is 6.77. The van der Waals surface area contributed by atoms with Crippen LogP contribution in [0.2, 0.25) is 0 Å². The molecule has 2 aliphatic rings. The van der Waals surface area contributed by atoms with Crippen molar-refractivity contribution in [2.45, 2.75) is 67.3 Å². The van der Waals surface area contributed by atoms with Gasteiger partial charge in [0.05, 0.1) is 16.8 Å². The van der Waals surface area contributed by atoms with Crippen molar-refractivity contribution in [1.82, 2.24) is 15.1 Å². The van der Waals surface area contributed by atoms with Crippen LogP contribution < -0.4 is 5.32 Å². The van der Waals surface area contributed by atoms with Crippen LogP contribution >= 0.6 is 11.8 Å². The monoisotopic (exact) mass is 290 g/mol. The summed E-state index contributed by atoms with van der Waals surface area (Å²) in [5.41, 5.74) is 0.776. The lowest BCUT2D eigenvalue weighted by atomic mass is 9.82. The minimum absolute atomic E-state index is 0.287. The smallest absolute Gasteiger partial charge is 0.108 e. The topological polar surface area (TPSA) is 53.6 Å². The largest absolute Gasteiger partial charge is 0.297 e. The molecule has 1 heterocycles. The second-order valence-corrected chi connectivity index (χ2v) is 7.52. The van der Waals surface area contributed by atoms with E-state index in [1.165, 1.54) is 24.3 Å². The van der Waals surface area contributed by atoms with E-state index in [4.69, 9.17) is 0 Å². The third-order valence-corrected chi connectivity index (χ3v) is 5.58. The zero-order chi connectivity index (χ0) is 14.2. The summed E-state index contributed by atoms with van der Waals surface area (Å²) in [6.45, 7) is 2.03. The number of nitrogens with zero attached hydrogens (tertiary/aromatic N) is 3. The third kappa shape index (κ3) is 3.02. The number of nitrogens with one attached hydrogen (secondary N) is 1. The van der Waals surface area contributed by atoms with Crippen LogP contribution in [0.4, 0.5) is 0 Å². The second kappa shape index (κ2) is 5.42. The second-order valence-electron chi connectivity index (χ2n) is 6.20. The van der Waals surface area contributed by atoms with Crippen LogP contribution in [0.25, 0.3) is 0 Å². The van der Waals surface area contributed by atoms with E-state index in [-0.39, 0.29) is 5.54 Å². The van der Waals surface area contributed by atoms with E-state index in [1.54, 1.807) is 0 Å². The highest BCUT2D eigenvalue weighted by molar-refractivity contribution is 7.99. The summed E-state index contributed by atoms with van der Waals surface area (Å²) in [5.74, 6) is 0. The molecule has 2 fully saturated rings. The number of nitriles is 1. The van der Waals surface area contributed by atoms with E-state index in [0.717, 1.165) is 25.0 Å². The van der Waals surface area contributed by atoms with Crippen molar-refractivity contribution in [2.75, 3.05) is 0 Å². The van der Waals surface area contributed by atoms with E-state index in [1.807, 2.05) is 30.4 Å². The SMILES string of the molecule is Cc1cc(SC2CCCC(C#N)(NC3CC3)C2)n(C)n1. The van der Waals surface area contributed by atoms with Gasteiger partial charge >= 0.3 is 0 Å². The first kappa shape index (κ1) is 14.0. The fraction of sp³-hybridized carbons (Fsp3) is 0.733. The first-order valence-electron chi connectivity index (χ1n) is 7.46. The van der Waals surface area contributed by atoms with Crippen LogP contribution in [0.1, 0.15) is 44.2 Å². The van der Waals surface area contributed by atoms with Crippen molar-refractivity contribution in [2.24, 2.45) is 7.05 Å². The van der Waals surface area contributed by atoms with Crippen molar-refractivity contribution < 1.29 is 0 Å². The van der Waals surface area contributed by atoms with E-state index in [2.05, 4.69) is 22.6 Å². The lowest BCUT2D eigenvalue weighted by Crippen LogP contribution is -2.49. The molecule has 3 rings (SSSR count). The van der Waals surface area contributed by atoms with E-state index < -0.39 is 0 Å². The van der Waals surface area contributed by atoms with Gasteiger partial charge in [0.2, 0.25) is 0 Å². The van der Waals surface area contributed by atoms with Crippen LogP contribution in [0.15, 0.2) is 11.1 Å². The summed E-state index contributed by atoms with van der Waals surface area (Å²) in [4.78, 5) is 0. The molecule has 2 atom stereocenters. The molecule has 1 aromatic heterocycles. The van der Waals surface area contributed by atoms with Crippen LogP contribution in [0.3, 0.4) is 0 Å². The predicted molar refractivity (Wildman–Crippen MR) is 80.6 cm³/mol. The predicted octanol–water partition coefficient (Wildman–Crippen LogP) is 2.78. The molecule has 0 bridgehead atoms. The number of hydrogen-bond acceptors (Lipinski definition) is 4. The van der Waals surface area contributed by atoms with Gasteiger partial charge in [0.1, 0.15) is 5.54 Å². The standard InChI is InChI=1S/C15H22N4S/c1-11-8-14(19(2)18-11)20-13-4-3-7-15(9-13,10-16)17-12-5-6-12/h8,12-13,17H,3-7,9H2,1-2H3. The summed E-state index contributed by atoms with van der Waals surface area (Å²) >= 11 is 1.89. The minimum atomic E-state index is -0.287. The maximum absolute atomic E-state index is 9.62. The Hall–Kier alpha value is -0.990. The van der Waals surface area contributed by atoms with E-state index in [9.17, 15) is 5.26 Å². The highest BCUT2D eigenvalue weighted by atomic mass is 32.2. The van der Waals surface area contributed by atoms with Gasteiger partial charge in [0.15, 0.2) is 0 Å². The highest BCUT2D eigenvalue weighted by Gasteiger charge is 2.40. The third-order valence-electron chi connectivity index (χ3n) is 4.22. The lowest BCUT2D eigenvalue weighted by Gasteiger charge is -2.36. The molecule has 4 nitrogen and oxygen atoms in total. The fourth-order valence-corrected chi connectivity index (χ4v) is 4.50. The van der Waals surface area contributed by atoms with Gasteiger partial charge in [-0.2, -0.15) is 10.4 Å². The lowest BCUT2D eigenvalue weighted by molar-refractivity contribution is 0.301. The molecule has 0 amide bonds. The Labute approximate surface area is 124 Å². The number of hydrogen-bond donors (Lipinski definition) is 1. The van der Waals surface area contributed by atoms with Crippen molar-refractivity contribution in [3.8, 4) is 6.07 Å². The van der Waals surface area contributed by atoms with Crippen LogP contribution in [-0.2, 0) is 7.05 Å². The van der Waals surface area contributed by atoms with E-state index in [0.29, 0.717) is 11.3 Å². The van der Waals surface area contributed by atoms with Crippen molar-refractivity contribution >= 4 is 11.8 Å². The Morgan fingerprint density at radius 1 is 1.50 bits per heavy atom. The highest BCUT2D eigenvalue weighted by Crippen LogP contribution is 2.39. The molecule has 20 heavy (non-hydrogen) atoms. The van der Waals surface area contributed by atoms with Gasteiger partial charge in [-0.3, -0.25) is 10.00 Å². The Kier molecular flexibility index (Phi) is 3.78. The normalized spacial score (nSPS) is 30.1. The Bertz CT molecular complexity index is 528. The van der Waals surface area contributed by atoms with Gasteiger partial charge in [-0.05, 0) is 51.5 Å². The maximum Gasteiger partial charge on any atom is 0.108 e. The van der Waals surface area contributed by atoms with Crippen LogP contribution in [0.5, 0.6) is 0 Å². The molecule has 0 aliphatic heterocycles. The van der Waals surface area contributed by atoms with Crippen LogP contribution in [0, 0.1) is 18.3 Å². The molecular formula is C15H22N4S. The quantitative estimate of drug-likeness (QED) is 0.926. The molecule has 5 heteroatoms. The zero-order valence-electron chi connectivity index (χ0n) is 12.2. The number of aryl methyl sites for hydroxylation is 2. The number of thioether (sulfide) groups is 1. The Morgan fingerprint density at radius 2 is 2.30 bits per heavy atom. The van der Waals surface area contributed by atoms with Gasteiger partial charge in [0.25, 0.3) is 0 Å². The molecule has 1 N–H and O–H groups in total. The number of rotatable bonds is 4. The summed E-state index contributed by atoms with van der Waals surface area (Å²) in [5, 5.41) is 19.4. The average molecular weight is 290 g/mol. The van der Waals surface area contributed by atoms with Gasteiger partial charge in [0, 0.05) is 18.3 Å². The van der Waals surface area contributed by atoms with Crippen molar-refractivity contribution in [3.63, 3.8) is 0 Å². The molecule has 0 saturated heterocycles. The van der Waals surface area contributed by atoms with Crippen molar-refractivity contribution in [1.29, 1.82) is 5.26 Å². The van der Waals surface area contributed by atoms with Gasteiger partial charge < -0.3 is 0 Å². The molecule has 1 aromatic rings. The molecule has 0 aromatic carbocycles. The Morgan fingerprint density at radius 3 is 2.90 bits per heavy atom. The molecule has 0 radical (unpaired) electrons. The maximum atomic E-state index is 9.62. The summed E-state index contributed by atoms with van der Waals surface area (Å²) in [7, 11) is 2.00. The Balaban J connectivity index is 1.68. The first-order chi connectivity index (χ1) is 9.60. The summed E-state index contributed by atoms with van der Waals surface area (Å²) < 4.78 is 1.96. The van der Waals surface area contributed by atoms with Gasteiger partial charge in [-0.15, -0.1) is 11.8 Å². The first-order valence-corrected chi connectivity index (χ1v) is 8.34. The molecule has 2 saturated carbocycles. The molecule has 108 valence electrons. The number of aromatic nitrogens is 2. The zero-order valence-corrected chi connectivity index (χ0v) is 13.0. The molecular weight excluding hydrogens is 268 g/mol. The average Bonchev–Trinajstić information content (AvgIpc) is 3.16. The van der Waals surface area contributed by atoms with Gasteiger partial charge in [-0.1, -0.05) is 0 Å². The minimum Gasteiger partial charge on any atom is -0.297 e. The molecule has 0 spiro atoms. The van der Waals surface area contributed by atoms with Crippen molar-refractivity contribution in [3.05, 3.63) is 11.8 Å².